The molecule has 6 atom stereocenters. The average Bonchev–Trinajstić information content (AvgIpc) is 3.96. The Kier molecular flexibility index (Phi) is 11.6. The van der Waals surface area contributed by atoms with Crippen molar-refractivity contribution >= 4 is 28.3 Å². The summed E-state index contributed by atoms with van der Waals surface area (Å²) in [5.74, 6) is -0.815. The first-order valence-electron chi connectivity index (χ1n) is 22.3. The lowest BCUT2D eigenvalue weighted by molar-refractivity contribution is -0.134. The van der Waals surface area contributed by atoms with E-state index < -0.39 is 28.8 Å². The minimum Gasteiger partial charge on any atom is -0.508 e. The maximum atomic E-state index is 16.1. The first kappa shape index (κ1) is 42.9. The van der Waals surface area contributed by atoms with Gasteiger partial charge in [0.2, 0.25) is 5.75 Å². The second kappa shape index (κ2) is 17.3. The fourth-order valence-electron chi connectivity index (χ4n) is 11.8. The van der Waals surface area contributed by atoms with Gasteiger partial charge in [0.15, 0.2) is 23.0 Å². The van der Waals surface area contributed by atoms with Gasteiger partial charge in [-0.3, -0.25) is 4.79 Å². The molecule has 5 aromatic rings. The zero-order chi connectivity index (χ0) is 44.8. The molecule has 2 aliphatic heterocycles. The maximum absolute atomic E-state index is 16.1. The van der Waals surface area contributed by atoms with E-state index in [1.54, 1.807) is 30.3 Å². The number of rotatable bonds is 11. The molecule has 9 N–H and O–H groups in total. The molecule has 2 bridgehead atoms. The third-order valence-electron chi connectivity index (χ3n) is 14.5. The number of dihydropyridines is 1. The monoisotopic (exact) mass is 866 g/mol. The molecule has 0 unspecified atom stereocenters. The van der Waals surface area contributed by atoms with Crippen LogP contribution in [0, 0.1) is 17.3 Å². The predicted molar refractivity (Wildman–Crippen MR) is 248 cm³/mol. The van der Waals surface area contributed by atoms with E-state index in [2.05, 4.69) is 51.3 Å². The number of nitrogens with one attached hydrogen (secondary N) is 4. The first-order valence-corrected chi connectivity index (χ1v) is 22.3. The van der Waals surface area contributed by atoms with Gasteiger partial charge >= 0.3 is 0 Å². The SMILES string of the molecule is CNC[C@@]12C=Cc3cc(O)cc4ccc(c1c34)NC1=CC(=CCN1)[C@]1(CCC[C@@H]1Cc1ccc[nH]1)[C@@H]([C@H](O)CCc1ccc(O)c(OC)c1)C(=O)C[C@@H](c1cc(O)c(O)c(OC)c1)C2. The normalized spacial score (nSPS) is 24.4. The Labute approximate surface area is 373 Å². The van der Waals surface area contributed by atoms with Crippen molar-refractivity contribution in [2.24, 2.45) is 17.3 Å². The topological polar surface area (TPSA) is 189 Å². The van der Waals surface area contributed by atoms with Gasteiger partial charge in [0.05, 0.1) is 26.2 Å². The van der Waals surface area contributed by atoms with Gasteiger partial charge in [0.1, 0.15) is 17.4 Å². The van der Waals surface area contributed by atoms with Crippen molar-refractivity contribution in [1.82, 2.24) is 15.6 Å². The van der Waals surface area contributed by atoms with Crippen molar-refractivity contribution in [2.75, 3.05) is 39.7 Å². The zero-order valence-electron chi connectivity index (χ0n) is 36.6. The van der Waals surface area contributed by atoms with Crippen LogP contribution in [0.4, 0.5) is 5.69 Å². The molecule has 1 fully saturated rings. The lowest BCUT2D eigenvalue weighted by Gasteiger charge is -2.46. The van der Waals surface area contributed by atoms with Crippen LogP contribution in [0.25, 0.3) is 16.8 Å². The van der Waals surface area contributed by atoms with Gasteiger partial charge in [-0.2, -0.15) is 0 Å². The number of aromatic hydroxyl groups is 4. The number of carbonyl (C=O) groups is 1. The number of benzene rings is 4. The van der Waals surface area contributed by atoms with E-state index in [1.807, 2.05) is 37.5 Å². The lowest BCUT2D eigenvalue weighted by atomic mass is 9.57. The largest absolute Gasteiger partial charge is 0.508 e. The molecule has 12 heteroatoms. The fourth-order valence-corrected chi connectivity index (χ4v) is 11.8. The summed E-state index contributed by atoms with van der Waals surface area (Å²) >= 11 is 0. The summed E-state index contributed by atoms with van der Waals surface area (Å²) < 4.78 is 11.0. The van der Waals surface area contributed by atoms with Crippen LogP contribution in [0.3, 0.4) is 0 Å². The minimum absolute atomic E-state index is 0.00776. The molecular weight excluding hydrogens is 809 g/mol. The molecule has 0 saturated heterocycles. The second-order valence-electron chi connectivity index (χ2n) is 18.1. The van der Waals surface area contributed by atoms with E-state index in [4.69, 9.17) is 9.47 Å². The number of ether oxygens (including phenoxy) is 2. The molecule has 2 aliphatic carbocycles. The number of Topliss-reactive ketones (excluding diaryl/α,β-unsaturated/α-hetero) is 1. The van der Waals surface area contributed by atoms with E-state index in [0.29, 0.717) is 50.1 Å². The fraction of sp³-hybridized carbons (Fsp3) is 0.365. The number of anilines is 1. The second-order valence-corrected chi connectivity index (χ2v) is 18.1. The van der Waals surface area contributed by atoms with Crippen LogP contribution < -0.4 is 25.4 Å². The molecule has 0 radical (unpaired) electrons. The number of phenols is 4. The molecule has 12 nitrogen and oxygen atoms in total. The van der Waals surface area contributed by atoms with Gasteiger partial charge in [-0.1, -0.05) is 36.8 Å². The van der Waals surface area contributed by atoms with Crippen LogP contribution in [0.2, 0.25) is 0 Å². The quantitative estimate of drug-likeness (QED) is 0.0585. The van der Waals surface area contributed by atoms with E-state index in [-0.39, 0.29) is 53.3 Å². The van der Waals surface area contributed by atoms with Gasteiger partial charge in [0.25, 0.3) is 0 Å². The summed E-state index contributed by atoms with van der Waals surface area (Å²) in [5, 5.41) is 69.0. The van der Waals surface area contributed by atoms with Crippen LogP contribution >= 0.6 is 0 Å². The number of methoxy groups -OCH3 is 2. The van der Waals surface area contributed by atoms with Gasteiger partial charge in [-0.05, 0) is 157 Å². The summed E-state index contributed by atoms with van der Waals surface area (Å²) in [6, 6.07) is 20.2. The summed E-state index contributed by atoms with van der Waals surface area (Å²) in [6.45, 7) is 0.986. The molecule has 1 saturated carbocycles. The number of phenolic OH excluding ortho intramolecular Hbond substituents is 4. The summed E-state index contributed by atoms with van der Waals surface area (Å²) in [4.78, 5) is 19.6. The zero-order valence-corrected chi connectivity index (χ0v) is 36.6. The molecule has 4 aliphatic rings. The smallest absolute Gasteiger partial charge is 0.200 e. The van der Waals surface area contributed by atoms with E-state index in [9.17, 15) is 25.5 Å². The highest BCUT2D eigenvalue weighted by atomic mass is 16.5. The minimum atomic E-state index is -1.07. The molecule has 4 aromatic carbocycles. The Balaban J connectivity index is 1.27. The van der Waals surface area contributed by atoms with Gasteiger partial charge in [-0.15, -0.1) is 0 Å². The van der Waals surface area contributed by atoms with Crippen molar-refractivity contribution in [3.63, 3.8) is 0 Å². The molecule has 334 valence electrons. The molecule has 64 heavy (non-hydrogen) atoms. The number of likely N-dealkylation sites (N-methyl/N-ethyl adjacent to an activating group) is 1. The Morgan fingerprint density at radius 1 is 0.969 bits per heavy atom. The predicted octanol–water partition coefficient (Wildman–Crippen LogP) is 8.06. The van der Waals surface area contributed by atoms with E-state index in [1.165, 1.54) is 20.3 Å². The Hall–Kier alpha value is -6.37. The summed E-state index contributed by atoms with van der Waals surface area (Å²) in [7, 11) is 4.85. The molecule has 1 aromatic heterocycles. The van der Waals surface area contributed by atoms with Crippen molar-refractivity contribution in [1.29, 1.82) is 0 Å². The van der Waals surface area contributed by atoms with E-state index >= 15 is 4.79 Å². The van der Waals surface area contributed by atoms with Gasteiger partial charge in [0, 0.05) is 47.9 Å². The summed E-state index contributed by atoms with van der Waals surface area (Å²) in [5.41, 5.74) is 4.78. The lowest BCUT2D eigenvalue weighted by Crippen LogP contribution is -2.48. The van der Waals surface area contributed by atoms with Crippen LogP contribution in [-0.4, -0.2) is 76.8 Å². The number of hydrogen-bond acceptors (Lipinski definition) is 11. The maximum Gasteiger partial charge on any atom is 0.200 e. The number of aromatic amines is 1. The molecule has 3 heterocycles. The Morgan fingerprint density at radius 3 is 2.59 bits per heavy atom. The number of fused-ring (bicyclic) bond motifs is 2. The number of aliphatic hydroxyl groups excluding tert-OH is 1. The third kappa shape index (κ3) is 7.62. The number of H-pyrrole nitrogens is 1. The van der Waals surface area contributed by atoms with Crippen LogP contribution in [-0.2, 0) is 23.1 Å². The Bertz CT molecular complexity index is 2670. The van der Waals surface area contributed by atoms with Crippen LogP contribution in [0.5, 0.6) is 34.5 Å². The molecular formula is C52H58N4O8. The number of allylic oxidation sites excluding steroid dienone is 2. The van der Waals surface area contributed by atoms with Crippen molar-refractivity contribution < 1.29 is 39.8 Å². The summed E-state index contributed by atoms with van der Waals surface area (Å²) in [6.07, 6.45) is 13.6. The number of ketones is 1. The van der Waals surface area contributed by atoms with Crippen molar-refractivity contribution in [2.45, 2.75) is 68.8 Å². The van der Waals surface area contributed by atoms with Crippen molar-refractivity contribution in [3.8, 4) is 34.5 Å². The number of aliphatic hydroxyl groups is 1. The standard InChI is InChI=1S/C52H58N4O8/c1-53-29-51-17-14-32-22-38(57)21-31-10-11-39(48(51)47(31)32)56-46-27-36(15-19-55-46)52(16-4-6-35(52)26-37-7-5-18-54-37)49(41(59)13-9-30-8-12-40(58)44(20-30)63-2)42(60)24-34(28-51)33-23-43(61)50(62)45(25-33)64-3/h5,7-8,10-12,14-15,17-18,20-23,25,27,34-35,41,49,53-59,61-62H,4,6,9,13,16,19,24,26,28-29H2,1-3H3/t34-,35-,41-,49+,51+,52-/m1/s1. The average molecular weight is 867 g/mol. The Morgan fingerprint density at radius 2 is 1.81 bits per heavy atom. The number of carbonyl (C=O) groups excluding carboxylic acids is 1. The van der Waals surface area contributed by atoms with Gasteiger partial charge < -0.3 is 55.9 Å². The van der Waals surface area contributed by atoms with Crippen molar-refractivity contribution in [3.05, 3.63) is 130 Å². The van der Waals surface area contributed by atoms with E-state index in [0.717, 1.165) is 63.1 Å². The highest BCUT2D eigenvalue weighted by molar-refractivity contribution is 6.01. The molecule has 0 amide bonds. The highest BCUT2D eigenvalue weighted by Crippen LogP contribution is 2.59. The van der Waals surface area contributed by atoms with Crippen LogP contribution in [0.1, 0.15) is 72.4 Å². The first-order chi connectivity index (χ1) is 31.0. The highest BCUT2D eigenvalue weighted by Gasteiger charge is 2.56. The van der Waals surface area contributed by atoms with Gasteiger partial charge in [-0.25, -0.2) is 0 Å². The number of aromatic nitrogens is 1. The molecule has 1 spiro atoms. The number of hydrogen-bond donors (Lipinski definition) is 9. The van der Waals surface area contributed by atoms with Crippen LogP contribution in [0.15, 0.2) is 103 Å². The third-order valence-corrected chi connectivity index (χ3v) is 14.5. The number of aryl methyl sites for hydroxylation is 1. The molecule has 9 rings (SSSR count).